The van der Waals surface area contributed by atoms with Gasteiger partial charge in [-0.05, 0) is 37.3 Å². The quantitative estimate of drug-likeness (QED) is 0.359. The first kappa shape index (κ1) is 22.8. The molecule has 0 amide bonds. The van der Waals surface area contributed by atoms with Crippen LogP contribution in [0.15, 0.2) is 59.9 Å². The van der Waals surface area contributed by atoms with Crippen molar-refractivity contribution in [2.45, 2.75) is 11.8 Å². The molecule has 35 heavy (non-hydrogen) atoms. The van der Waals surface area contributed by atoms with E-state index in [2.05, 4.69) is 24.8 Å². The molecule has 13 heteroatoms. The number of hydrogen-bond donors (Lipinski definition) is 1. The second kappa shape index (κ2) is 8.67. The Morgan fingerprint density at radius 1 is 1.09 bits per heavy atom. The number of ether oxygens (including phenoxy) is 1. The Labute approximate surface area is 202 Å². The maximum Gasteiger partial charge on any atom is 0.264 e. The van der Waals surface area contributed by atoms with Gasteiger partial charge in [0.2, 0.25) is 10.8 Å². The van der Waals surface area contributed by atoms with Gasteiger partial charge in [0, 0.05) is 35.3 Å². The number of hydrogen-bond acceptors (Lipinski definition) is 8. The lowest BCUT2D eigenvalue weighted by atomic mass is 10.2. The van der Waals surface area contributed by atoms with Crippen LogP contribution < -0.4 is 9.46 Å². The molecule has 0 unspecified atom stereocenters. The maximum atomic E-state index is 14.1. The number of halogens is 2. The van der Waals surface area contributed by atoms with Crippen LogP contribution >= 0.6 is 11.3 Å². The standard InChI is InChI=1S/C22H16F2N6O3S2/c1-12-7-13(5-6-25-12)18-11-30-22(27-18)34-21(28-30)14-8-17(20(33-2)26-10-14)29-35(31,32)19-4-3-15(23)9-16(19)24/h3-11,29H,1-2H3. The molecule has 0 radical (unpaired) electrons. The van der Waals surface area contributed by atoms with Gasteiger partial charge in [0.25, 0.3) is 10.0 Å². The summed E-state index contributed by atoms with van der Waals surface area (Å²) in [7, 11) is -3.08. The van der Waals surface area contributed by atoms with Crippen molar-refractivity contribution in [1.82, 2.24) is 24.6 Å². The summed E-state index contributed by atoms with van der Waals surface area (Å²) < 4.78 is 61.9. The molecule has 178 valence electrons. The third-order valence-corrected chi connectivity index (χ3v) is 7.33. The molecule has 0 atom stereocenters. The van der Waals surface area contributed by atoms with E-state index >= 15 is 0 Å². The van der Waals surface area contributed by atoms with Crippen molar-refractivity contribution < 1.29 is 21.9 Å². The molecule has 9 nitrogen and oxygen atoms in total. The normalized spacial score (nSPS) is 11.7. The summed E-state index contributed by atoms with van der Waals surface area (Å²) in [6.07, 6.45) is 4.96. The molecule has 0 spiro atoms. The Hall–Kier alpha value is -3.97. The fourth-order valence-electron chi connectivity index (χ4n) is 3.36. The van der Waals surface area contributed by atoms with Gasteiger partial charge in [-0.2, -0.15) is 5.10 Å². The van der Waals surface area contributed by atoms with Gasteiger partial charge in [-0.1, -0.05) is 11.3 Å². The predicted octanol–water partition coefficient (Wildman–Crippen LogP) is 4.31. The Morgan fingerprint density at radius 2 is 1.91 bits per heavy atom. The van der Waals surface area contributed by atoms with Crippen LogP contribution in [-0.4, -0.2) is 40.1 Å². The lowest BCUT2D eigenvalue weighted by molar-refractivity contribution is 0.400. The van der Waals surface area contributed by atoms with E-state index in [9.17, 15) is 17.2 Å². The summed E-state index contributed by atoms with van der Waals surface area (Å²) >= 11 is 1.28. The molecule has 5 rings (SSSR count). The van der Waals surface area contributed by atoms with Gasteiger partial charge in [-0.25, -0.2) is 31.7 Å². The molecule has 0 bridgehead atoms. The number of pyridine rings is 2. The molecule has 1 aromatic carbocycles. The molecule has 5 aromatic rings. The number of fused-ring (bicyclic) bond motifs is 1. The lowest BCUT2D eigenvalue weighted by Crippen LogP contribution is -2.15. The minimum absolute atomic E-state index is 0.0310. The third-order valence-electron chi connectivity index (χ3n) is 4.95. The van der Waals surface area contributed by atoms with Crippen LogP contribution in [0.3, 0.4) is 0 Å². The fraction of sp³-hybridized carbons (Fsp3) is 0.0909. The number of methoxy groups -OCH3 is 1. The van der Waals surface area contributed by atoms with Gasteiger partial charge in [-0.3, -0.25) is 9.71 Å². The number of anilines is 1. The van der Waals surface area contributed by atoms with E-state index in [1.54, 1.807) is 16.9 Å². The highest BCUT2D eigenvalue weighted by molar-refractivity contribution is 7.92. The summed E-state index contributed by atoms with van der Waals surface area (Å²) in [6.45, 7) is 1.89. The highest BCUT2D eigenvalue weighted by atomic mass is 32.2. The van der Waals surface area contributed by atoms with E-state index in [-0.39, 0.29) is 11.6 Å². The van der Waals surface area contributed by atoms with Gasteiger partial charge in [0.05, 0.1) is 19.0 Å². The van der Waals surface area contributed by atoms with Crippen LogP contribution in [0.25, 0.3) is 26.8 Å². The van der Waals surface area contributed by atoms with Crippen molar-refractivity contribution in [3.05, 3.63) is 72.3 Å². The van der Waals surface area contributed by atoms with Gasteiger partial charge in [0.1, 0.15) is 27.2 Å². The molecule has 0 fully saturated rings. The Balaban J connectivity index is 1.49. The van der Waals surface area contributed by atoms with Crippen LogP contribution in [0.2, 0.25) is 0 Å². The zero-order chi connectivity index (χ0) is 24.7. The molecule has 1 N–H and O–H groups in total. The second-order valence-electron chi connectivity index (χ2n) is 7.41. The van der Waals surface area contributed by atoms with Crippen molar-refractivity contribution in [2.24, 2.45) is 0 Å². The average Bonchev–Trinajstić information content (AvgIpc) is 3.38. The molecule has 0 aliphatic carbocycles. The smallest absolute Gasteiger partial charge is 0.264 e. The van der Waals surface area contributed by atoms with Crippen molar-refractivity contribution in [2.75, 3.05) is 11.8 Å². The van der Waals surface area contributed by atoms with Gasteiger partial charge < -0.3 is 4.74 Å². The zero-order valence-electron chi connectivity index (χ0n) is 18.2. The van der Waals surface area contributed by atoms with E-state index in [4.69, 9.17) is 4.74 Å². The largest absolute Gasteiger partial charge is 0.480 e. The van der Waals surface area contributed by atoms with Crippen molar-refractivity contribution in [3.8, 4) is 27.7 Å². The molecule has 0 aliphatic rings. The highest BCUT2D eigenvalue weighted by Gasteiger charge is 2.23. The molecule has 0 aliphatic heterocycles. The Kier molecular flexibility index (Phi) is 5.65. The maximum absolute atomic E-state index is 14.1. The van der Waals surface area contributed by atoms with E-state index in [0.717, 1.165) is 29.1 Å². The lowest BCUT2D eigenvalue weighted by Gasteiger charge is -2.12. The fourth-order valence-corrected chi connectivity index (χ4v) is 5.33. The highest BCUT2D eigenvalue weighted by Crippen LogP contribution is 2.33. The van der Waals surface area contributed by atoms with Gasteiger partial charge in [-0.15, -0.1) is 0 Å². The molecular formula is C22H16F2N6O3S2. The van der Waals surface area contributed by atoms with E-state index in [1.165, 1.54) is 30.7 Å². The first-order valence-electron chi connectivity index (χ1n) is 10.0. The predicted molar refractivity (Wildman–Crippen MR) is 126 cm³/mol. The van der Waals surface area contributed by atoms with Crippen molar-refractivity contribution >= 4 is 32.0 Å². The number of aryl methyl sites for hydroxylation is 1. The number of sulfonamides is 1. The number of aromatic nitrogens is 5. The summed E-state index contributed by atoms with van der Waals surface area (Å²) in [5, 5.41) is 5.05. The molecule has 4 aromatic heterocycles. The summed E-state index contributed by atoms with van der Waals surface area (Å²) in [4.78, 5) is 12.8. The van der Waals surface area contributed by atoms with E-state index in [1.807, 2.05) is 19.1 Å². The topological polar surface area (TPSA) is 111 Å². The van der Waals surface area contributed by atoms with Crippen LogP contribution in [-0.2, 0) is 10.0 Å². The first-order valence-corrected chi connectivity index (χ1v) is 12.3. The minimum atomic E-state index is -4.40. The third kappa shape index (κ3) is 4.42. The van der Waals surface area contributed by atoms with Crippen molar-refractivity contribution in [1.29, 1.82) is 0 Å². The number of benzene rings is 1. The Bertz CT molecular complexity index is 1650. The van der Waals surface area contributed by atoms with E-state index < -0.39 is 26.6 Å². The number of rotatable bonds is 6. The van der Waals surface area contributed by atoms with Gasteiger partial charge >= 0.3 is 0 Å². The summed E-state index contributed by atoms with van der Waals surface area (Å²) in [5.41, 5.74) is 2.97. The van der Waals surface area contributed by atoms with E-state index in [0.29, 0.717) is 21.6 Å². The van der Waals surface area contributed by atoms with Gasteiger partial charge in [0.15, 0.2) is 0 Å². The zero-order valence-corrected chi connectivity index (χ0v) is 19.9. The van der Waals surface area contributed by atoms with Crippen molar-refractivity contribution in [3.63, 3.8) is 0 Å². The average molecular weight is 515 g/mol. The summed E-state index contributed by atoms with van der Waals surface area (Å²) in [5.74, 6) is -2.14. The molecule has 0 saturated carbocycles. The summed E-state index contributed by atoms with van der Waals surface area (Å²) in [6, 6.07) is 7.44. The molecule has 0 saturated heterocycles. The first-order chi connectivity index (χ1) is 16.7. The number of nitrogens with zero attached hydrogens (tertiary/aromatic N) is 5. The Morgan fingerprint density at radius 3 is 2.63 bits per heavy atom. The van der Waals surface area contributed by atoms with Crippen LogP contribution in [0.5, 0.6) is 5.88 Å². The second-order valence-corrected chi connectivity index (χ2v) is 10.0. The number of nitrogens with one attached hydrogen (secondary N) is 1. The number of imidazole rings is 1. The van der Waals surface area contributed by atoms with Crippen LogP contribution in [0.4, 0.5) is 14.5 Å². The van der Waals surface area contributed by atoms with Crippen LogP contribution in [0, 0.1) is 18.6 Å². The minimum Gasteiger partial charge on any atom is -0.480 e. The SMILES string of the molecule is COc1ncc(-c2nn3cc(-c4ccnc(C)c4)nc3s2)cc1NS(=O)(=O)c1ccc(F)cc1F. The molecule has 4 heterocycles. The molecular weight excluding hydrogens is 498 g/mol. The van der Waals surface area contributed by atoms with Crippen LogP contribution in [0.1, 0.15) is 5.69 Å². The monoisotopic (exact) mass is 514 g/mol.